The van der Waals surface area contributed by atoms with Gasteiger partial charge in [-0.1, -0.05) is 13.3 Å². The Morgan fingerprint density at radius 1 is 1.38 bits per heavy atom. The van der Waals surface area contributed by atoms with Gasteiger partial charge in [-0.2, -0.15) is 13.2 Å². The van der Waals surface area contributed by atoms with Gasteiger partial charge in [0.25, 0.3) is 0 Å². The summed E-state index contributed by atoms with van der Waals surface area (Å²) in [5.74, 6) is 1.22. The van der Waals surface area contributed by atoms with Crippen LogP contribution < -0.4 is 0 Å². The second-order valence-corrected chi connectivity index (χ2v) is 7.80. The van der Waals surface area contributed by atoms with Crippen molar-refractivity contribution in [3.8, 4) is 0 Å². The third-order valence-corrected chi connectivity index (χ3v) is 6.30. The highest BCUT2D eigenvalue weighted by Crippen LogP contribution is 2.56. The largest absolute Gasteiger partial charge is 0.417 e. The number of carbonyl (C=O) groups is 1. The van der Waals surface area contributed by atoms with Gasteiger partial charge >= 0.3 is 6.18 Å². The molecule has 0 saturated heterocycles. The molecule has 0 radical (unpaired) electrons. The number of amides is 1. The Balaban J connectivity index is 1.56. The van der Waals surface area contributed by atoms with Crippen molar-refractivity contribution in [2.24, 2.45) is 17.3 Å². The number of nitrogens with zero attached hydrogens (tertiary/aromatic N) is 2. The average molecular weight is 338 g/mol. The Bertz CT molecular complexity index is 687. The lowest BCUT2D eigenvalue weighted by atomic mass is 9.73. The maximum absolute atomic E-state index is 13.1. The summed E-state index contributed by atoms with van der Waals surface area (Å²) < 4.78 is 38.7. The van der Waals surface area contributed by atoms with Crippen LogP contribution in [0.15, 0.2) is 12.3 Å². The summed E-state index contributed by atoms with van der Waals surface area (Å²) in [5, 5.41) is 0. The van der Waals surface area contributed by atoms with Crippen molar-refractivity contribution in [2.45, 2.75) is 51.7 Å². The molecule has 3 nitrogen and oxygen atoms in total. The lowest BCUT2D eigenvalue weighted by molar-refractivity contribution is -0.145. The van der Waals surface area contributed by atoms with Crippen LogP contribution >= 0.6 is 0 Å². The number of pyridine rings is 1. The maximum Gasteiger partial charge on any atom is 0.417 e. The van der Waals surface area contributed by atoms with E-state index >= 15 is 0 Å². The topological polar surface area (TPSA) is 33.2 Å². The van der Waals surface area contributed by atoms with E-state index in [0.717, 1.165) is 31.5 Å². The number of fused-ring (bicyclic) bond motifs is 3. The molecule has 1 aromatic heterocycles. The minimum atomic E-state index is -4.40. The van der Waals surface area contributed by atoms with Crippen molar-refractivity contribution in [2.75, 3.05) is 6.54 Å². The molecule has 3 atom stereocenters. The van der Waals surface area contributed by atoms with Crippen LogP contribution in [0.25, 0.3) is 0 Å². The minimum absolute atomic E-state index is 0.123. The van der Waals surface area contributed by atoms with Gasteiger partial charge in [-0.3, -0.25) is 9.78 Å². The van der Waals surface area contributed by atoms with Crippen LogP contribution in [0.3, 0.4) is 0 Å². The molecule has 24 heavy (non-hydrogen) atoms. The predicted octanol–water partition coefficient (Wildman–Crippen LogP) is 3.81. The summed E-state index contributed by atoms with van der Waals surface area (Å²) in [6, 6.07) is 1.16. The summed E-state index contributed by atoms with van der Waals surface area (Å²) in [6.07, 6.45) is 1.42. The standard InChI is InChI=1S/C18H21F3N2O/c1-17(8-11-2-3-13(17)6-11)16(24)23-5-4-15-12(10-23)7-14(9-22-15)18(19,20)21/h7,9,11,13H,2-6,8,10H2,1H3. The van der Waals surface area contributed by atoms with Gasteiger partial charge in [0.2, 0.25) is 5.91 Å². The van der Waals surface area contributed by atoms with Crippen LogP contribution in [0.1, 0.15) is 49.4 Å². The lowest BCUT2D eigenvalue weighted by Gasteiger charge is -2.39. The molecule has 1 aliphatic heterocycles. The summed E-state index contributed by atoms with van der Waals surface area (Å²) in [5.41, 5.74) is 0.165. The number of rotatable bonds is 1. The average Bonchev–Trinajstić information content (AvgIpc) is 3.13. The maximum atomic E-state index is 13.1. The molecule has 1 amide bonds. The Kier molecular flexibility index (Phi) is 3.45. The van der Waals surface area contributed by atoms with Crippen molar-refractivity contribution < 1.29 is 18.0 Å². The van der Waals surface area contributed by atoms with E-state index in [4.69, 9.17) is 0 Å². The molecular formula is C18H21F3N2O. The second-order valence-electron chi connectivity index (χ2n) is 7.80. The lowest BCUT2D eigenvalue weighted by Crippen LogP contribution is -2.47. The molecule has 2 fully saturated rings. The van der Waals surface area contributed by atoms with Crippen molar-refractivity contribution in [3.63, 3.8) is 0 Å². The molecule has 4 rings (SSSR count). The number of halogens is 3. The fraction of sp³-hybridized carbons (Fsp3) is 0.667. The van der Waals surface area contributed by atoms with Crippen LogP contribution in [-0.2, 0) is 23.9 Å². The first-order valence-corrected chi connectivity index (χ1v) is 8.62. The smallest absolute Gasteiger partial charge is 0.337 e. The zero-order valence-electron chi connectivity index (χ0n) is 13.7. The van der Waals surface area contributed by atoms with Gasteiger partial charge in [-0.05, 0) is 42.7 Å². The van der Waals surface area contributed by atoms with Crippen molar-refractivity contribution in [1.29, 1.82) is 0 Å². The quantitative estimate of drug-likeness (QED) is 0.780. The van der Waals surface area contributed by atoms with E-state index in [1.54, 1.807) is 4.90 Å². The molecule has 2 heterocycles. The van der Waals surface area contributed by atoms with E-state index in [2.05, 4.69) is 11.9 Å². The van der Waals surface area contributed by atoms with Crippen molar-refractivity contribution >= 4 is 5.91 Å². The van der Waals surface area contributed by atoms with Gasteiger partial charge in [0.15, 0.2) is 0 Å². The molecule has 0 N–H and O–H groups in total. The molecule has 2 aliphatic carbocycles. The third kappa shape index (κ3) is 2.42. The number of alkyl halides is 3. The molecule has 6 heteroatoms. The highest BCUT2D eigenvalue weighted by atomic mass is 19.4. The van der Waals surface area contributed by atoms with Gasteiger partial charge in [0.1, 0.15) is 0 Å². The highest BCUT2D eigenvalue weighted by molar-refractivity contribution is 5.83. The van der Waals surface area contributed by atoms with Crippen LogP contribution in [0, 0.1) is 17.3 Å². The van der Waals surface area contributed by atoms with Gasteiger partial charge in [-0.25, -0.2) is 0 Å². The fourth-order valence-electron chi connectivity index (χ4n) is 4.98. The molecule has 0 aromatic carbocycles. The first-order chi connectivity index (χ1) is 11.3. The zero-order chi connectivity index (χ0) is 17.1. The van der Waals surface area contributed by atoms with E-state index in [9.17, 15) is 18.0 Å². The Labute approximate surface area is 139 Å². The summed E-state index contributed by atoms with van der Waals surface area (Å²) in [6.45, 7) is 2.86. The number of carbonyl (C=O) groups excluding carboxylic acids is 1. The first-order valence-electron chi connectivity index (χ1n) is 8.62. The van der Waals surface area contributed by atoms with Gasteiger partial charge < -0.3 is 4.90 Å². The Morgan fingerprint density at radius 3 is 2.79 bits per heavy atom. The molecule has 0 spiro atoms. The van der Waals surface area contributed by atoms with Crippen molar-refractivity contribution in [1.82, 2.24) is 9.88 Å². The number of aromatic nitrogens is 1. The predicted molar refractivity (Wildman–Crippen MR) is 81.9 cm³/mol. The SMILES string of the molecule is CC1(C(=O)N2CCc3ncc(C(F)(F)F)cc3C2)CC2CCC1C2. The van der Waals surface area contributed by atoms with E-state index in [1.165, 1.54) is 6.42 Å². The third-order valence-electron chi connectivity index (χ3n) is 6.30. The van der Waals surface area contributed by atoms with Crippen LogP contribution in [0.5, 0.6) is 0 Å². The number of hydrogen-bond donors (Lipinski definition) is 0. The second kappa shape index (κ2) is 5.20. The molecular weight excluding hydrogens is 317 g/mol. The molecule has 2 bridgehead atoms. The molecule has 130 valence electrons. The van der Waals surface area contributed by atoms with Gasteiger partial charge in [-0.15, -0.1) is 0 Å². The molecule has 1 aromatic rings. The zero-order valence-corrected chi connectivity index (χ0v) is 13.7. The molecule has 3 aliphatic rings. The van der Waals surface area contributed by atoms with Crippen LogP contribution in [0.4, 0.5) is 13.2 Å². The normalized spacial score (nSPS) is 32.1. The summed E-state index contributed by atoms with van der Waals surface area (Å²) in [4.78, 5) is 18.8. The van der Waals surface area contributed by atoms with E-state index in [-0.39, 0.29) is 17.9 Å². The summed E-state index contributed by atoms with van der Waals surface area (Å²) in [7, 11) is 0. The molecule has 2 saturated carbocycles. The monoisotopic (exact) mass is 338 g/mol. The van der Waals surface area contributed by atoms with E-state index in [0.29, 0.717) is 36.1 Å². The van der Waals surface area contributed by atoms with Gasteiger partial charge in [0, 0.05) is 36.8 Å². The molecule has 3 unspecified atom stereocenters. The number of hydrogen-bond acceptors (Lipinski definition) is 2. The highest BCUT2D eigenvalue weighted by Gasteiger charge is 2.53. The first kappa shape index (κ1) is 15.9. The Hall–Kier alpha value is -1.59. The van der Waals surface area contributed by atoms with E-state index in [1.807, 2.05) is 0 Å². The van der Waals surface area contributed by atoms with E-state index < -0.39 is 11.7 Å². The summed E-state index contributed by atoms with van der Waals surface area (Å²) >= 11 is 0. The van der Waals surface area contributed by atoms with Crippen LogP contribution in [-0.4, -0.2) is 22.3 Å². The van der Waals surface area contributed by atoms with Crippen molar-refractivity contribution in [3.05, 3.63) is 29.1 Å². The fourth-order valence-corrected chi connectivity index (χ4v) is 4.98. The minimum Gasteiger partial charge on any atom is -0.337 e. The van der Waals surface area contributed by atoms with Gasteiger partial charge in [0.05, 0.1) is 5.56 Å². The Morgan fingerprint density at radius 2 is 2.17 bits per heavy atom. The van der Waals surface area contributed by atoms with Crippen LogP contribution in [0.2, 0.25) is 0 Å².